The zero-order chi connectivity index (χ0) is 14.8. The molecule has 0 saturated carbocycles. The summed E-state index contributed by atoms with van der Waals surface area (Å²) >= 11 is 1.67. The summed E-state index contributed by atoms with van der Waals surface area (Å²) in [5.74, 6) is 1.76. The van der Waals surface area contributed by atoms with E-state index in [0.717, 1.165) is 35.9 Å². The normalized spacial score (nSPS) is 15.3. The van der Waals surface area contributed by atoms with Gasteiger partial charge >= 0.3 is 0 Å². The van der Waals surface area contributed by atoms with Crippen molar-refractivity contribution in [1.29, 1.82) is 0 Å². The molecule has 2 aromatic heterocycles. The van der Waals surface area contributed by atoms with Crippen LogP contribution in [0, 0.1) is 6.92 Å². The average Bonchev–Trinajstić information content (AvgIpc) is 3.11. The third kappa shape index (κ3) is 3.05. The van der Waals surface area contributed by atoms with Gasteiger partial charge in [-0.1, -0.05) is 0 Å². The predicted octanol–water partition coefficient (Wildman–Crippen LogP) is 2.48. The van der Waals surface area contributed by atoms with Crippen LogP contribution in [0.5, 0.6) is 0 Å². The van der Waals surface area contributed by atoms with E-state index < -0.39 is 0 Å². The molecule has 2 aromatic rings. The number of carbonyl (C=O) groups excluding carboxylic acids is 1. The van der Waals surface area contributed by atoms with Crippen LogP contribution in [0.4, 0.5) is 0 Å². The van der Waals surface area contributed by atoms with Crippen molar-refractivity contribution in [2.45, 2.75) is 39.3 Å². The Labute approximate surface area is 127 Å². The van der Waals surface area contributed by atoms with Crippen LogP contribution in [0.25, 0.3) is 6.08 Å². The van der Waals surface area contributed by atoms with E-state index in [1.165, 1.54) is 4.88 Å². The highest BCUT2D eigenvalue weighted by molar-refractivity contribution is 7.12. The molecule has 21 heavy (non-hydrogen) atoms. The number of carbonyl (C=O) groups is 1. The Kier molecular flexibility index (Phi) is 3.88. The summed E-state index contributed by atoms with van der Waals surface area (Å²) in [6.45, 7) is 4.94. The molecule has 6 heteroatoms. The number of thiophene rings is 1. The second-order valence-corrected chi connectivity index (χ2v) is 6.56. The molecule has 0 bridgehead atoms. The number of amides is 1. The van der Waals surface area contributed by atoms with Gasteiger partial charge in [0.15, 0.2) is 5.82 Å². The molecule has 3 heterocycles. The van der Waals surface area contributed by atoms with E-state index in [0.29, 0.717) is 0 Å². The van der Waals surface area contributed by atoms with Gasteiger partial charge in [-0.3, -0.25) is 4.79 Å². The first-order chi connectivity index (χ1) is 10.1. The summed E-state index contributed by atoms with van der Waals surface area (Å²) in [4.78, 5) is 14.3. The second-order valence-electron chi connectivity index (χ2n) is 5.24. The Bertz CT molecular complexity index is 686. The second kappa shape index (κ2) is 5.81. The first kappa shape index (κ1) is 14.0. The van der Waals surface area contributed by atoms with Crippen molar-refractivity contribution in [2.24, 2.45) is 0 Å². The first-order valence-electron chi connectivity index (χ1n) is 7.10. The van der Waals surface area contributed by atoms with Crippen molar-refractivity contribution in [3.05, 3.63) is 39.6 Å². The molecular weight excluding hydrogens is 284 g/mol. The van der Waals surface area contributed by atoms with Gasteiger partial charge in [-0.05, 0) is 38.5 Å². The van der Waals surface area contributed by atoms with Crippen LogP contribution in [0.2, 0.25) is 0 Å². The summed E-state index contributed by atoms with van der Waals surface area (Å²) in [7, 11) is 0. The van der Waals surface area contributed by atoms with Gasteiger partial charge in [0, 0.05) is 28.8 Å². The molecule has 1 N–H and O–H groups in total. The van der Waals surface area contributed by atoms with E-state index in [9.17, 15) is 4.79 Å². The standard InChI is InChI=1S/C15H18N4OS/c1-10-5-6-12(21-10)7-8-14(20)16-11(2)15-18-17-13-4-3-9-19(13)15/h5-8,11H,3-4,9H2,1-2H3,(H,16,20)/b8-7-/t11-/m0/s1. The van der Waals surface area contributed by atoms with E-state index in [-0.39, 0.29) is 11.9 Å². The van der Waals surface area contributed by atoms with Gasteiger partial charge in [-0.2, -0.15) is 0 Å². The van der Waals surface area contributed by atoms with Crippen LogP contribution in [0.3, 0.4) is 0 Å². The quantitative estimate of drug-likeness (QED) is 0.883. The maximum Gasteiger partial charge on any atom is 0.244 e. The zero-order valence-electron chi connectivity index (χ0n) is 12.2. The lowest BCUT2D eigenvalue weighted by Crippen LogP contribution is -2.27. The summed E-state index contributed by atoms with van der Waals surface area (Å²) in [5, 5.41) is 11.3. The van der Waals surface area contributed by atoms with Gasteiger partial charge in [0.2, 0.25) is 5.91 Å². The van der Waals surface area contributed by atoms with Crippen molar-refractivity contribution in [1.82, 2.24) is 20.1 Å². The molecule has 0 fully saturated rings. The number of fused-ring (bicyclic) bond motifs is 1. The number of hydrogen-bond donors (Lipinski definition) is 1. The highest BCUT2D eigenvalue weighted by Crippen LogP contribution is 2.19. The predicted molar refractivity (Wildman–Crippen MR) is 83.0 cm³/mol. The topological polar surface area (TPSA) is 59.8 Å². The zero-order valence-corrected chi connectivity index (χ0v) is 13.0. The van der Waals surface area contributed by atoms with E-state index >= 15 is 0 Å². The lowest BCUT2D eigenvalue weighted by atomic mass is 10.3. The average molecular weight is 302 g/mol. The molecule has 1 atom stereocenters. The SMILES string of the molecule is Cc1ccc(/C=C\C(=O)N[C@@H](C)c2nnc3n2CCC3)s1. The Morgan fingerprint density at radius 1 is 1.48 bits per heavy atom. The van der Waals surface area contributed by atoms with Crippen molar-refractivity contribution in [3.63, 3.8) is 0 Å². The lowest BCUT2D eigenvalue weighted by Gasteiger charge is -2.12. The van der Waals surface area contributed by atoms with Crippen LogP contribution in [0.1, 0.15) is 40.8 Å². The Hall–Kier alpha value is -1.95. The van der Waals surface area contributed by atoms with Gasteiger partial charge in [0.05, 0.1) is 6.04 Å². The number of rotatable bonds is 4. The number of hydrogen-bond acceptors (Lipinski definition) is 4. The van der Waals surface area contributed by atoms with Crippen molar-refractivity contribution in [2.75, 3.05) is 0 Å². The van der Waals surface area contributed by atoms with Gasteiger partial charge in [-0.25, -0.2) is 0 Å². The third-order valence-electron chi connectivity index (χ3n) is 3.54. The van der Waals surface area contributed by atoms with Gasteiger partial charge in [0.25, 0.3) is 0 Å². The number of nitrogens with zero attached hydrogens (tertiary/aromatic N) is 3. The van der Waals surface area contributed by atoms with E-state index in [1.54, 1.807) is 17.4 Å². The minimum Gasteiger partial charge on any atom is -0.343 e. The highest BCUT2D eigenvalue weighted by Gasteiger charge is 2.21. The molecule has 1 aliphatic rings. The molecular formula is C15H18N4OS. The summed E-state index contributed by atoms with van der Waals surface area (Å²) in [5.41, 5.74) is 0. The summed E-state index contributed by atoms with van der Waals surface area (Å²) in [6.07, 6.45) is 5.50. The number of aryl methyl sites for hydroxylation is 2. The minimum atomic E-state index is -0.133. The monoisotopic (exact) mass is 302 g/mol. The molecule has 0 aromatic carbocycles. The van der Waals surface area contributed by atoms with E-state index in [1.807, 2.05) is 25.1 Å². The minimum absolute atomic E-state index is 0.107. The van der Waals surface area contributed by atoms with Crippen LogP contribution in [0.15, 0.2) is 18.2 Å². The molecule has 0 aliphatic carbocycles. The lowest BCUT2D eigenvalue weighted by molar-refractivity contribution is -0.117. The molecule has 0 unspecified atom stereocenters. The van der Waals surface area contributed by atoms with Crippen molar-refractivity contribution in [3.8, 4) is 0 Å². The third-order valence-corrected chi connectivity index (χ3v) is 4.51. The van der Waals surface area contributed by atoms with Crippen LogP contribution in [-0.4, -0.2) is 20.7 Å². The van der Waals surface area contributed by atoms with Gasteiger partial charge < -0.3 is 9.88 Å². The molecule has 5 nitrogen and oxygen atoms in total. The molecule has 1 aliphatic heterocycles. The molecule has 0 saturated heterocycles. The fourth-order valence-corrected chi connectivity index (χ4v) is 3.30. The maximum atomic E-state index is 12.0. The van der Waals surface area contributed by atoms with Crippen molar-refractivity contribution >= 4 is 23.3 Å². The Balaban J connectivity index is 1.63. The first-order valence-corrected chi connectivity index (χ1v) is 7.92. The van der Waals surface area contributed by atoms with Crippen LogP contribution >= 0.6 is 11.3 Å². The fraction of sp³-hybridized carbons (Fsp3) is 0.400. The molecule has 3 rings (SSSR count). The Morgan fingerprint density at radius 3 is 3.10 bits per heavy atom. The summed E-state index contributed by atoms with van der Waals surface area (Å²) < 4.78 is 2.11. The fourth-order valence-electron chi connectivity index (χ4n) is 2.52. The summed E-state index contributed by atoms with van der Waals surface area (Å²) in [6, 6.07) is 3.93. The van der Waals surface area contributed by atoms with Gasteiger partial charge in [0.1, 0.15) is 5.82 Å². The smallest absolute Gasteiger partial charge is 0.244 e. The largest absolute Gasteiger partial charge is 0.343 e. The molecule has 110 valence electrons. The van der Waals surface area contributed by atoms with Crippen molar-refractivity contribution < 1.29 is 4.79 Å². The molecule has 1 amide bonds. The molecule has 0 spiro atoms. The number of aromatic nitrogens is 3. The number of nitrogens with one attached hydrogen (secondary N) is 1. The van der Waals surface area contributed by atoms with Crippen LogP contribution < -0.4 is 5.32 Å². The highest BCUT2D eigenvalue weighted by atomic mass is 32.1. The molecule has 0 radical (unpaired) electrons. The van der Waals surface area contributed by atoms with Gasteiger partial charge in [-0.15, -0.1) is 21.5 Å². The maximum absolute atomic E-state index is 12.0. The Morgan fingerprint density at radius 2 is 2.33 bits per heavy atom. The van der Waals surface area contributed by atoms with E-state index in [4.69, 9.17) is 0 Å². The van der Waals surface area contributed by atoms with E-state index in [2.05, 4.69) is 27.0 Å². The van der Waals surface area contributed by atoms with Crippen LogP contribution in [-0.2, 0) is 17.8 Å².